The maximum Gasteiger partial charge on any atom is 0.257 e. The van der Waals surface area contributed by atoms with Gasteiger partial charge < -0.3 is 14.2 Å². The first-order valence-corrected chi connectivity index (χ1v) is 10.8. The highest BCUT2D eigenvalue weighted by Crippen LogP contribution is 2.35. The fourth-order valence-corrected chi connectivity index (χ4v) is 4.20. The first-order valence-electron chi connectivity index (χ1n) is 10.8. The summed E-state index contributed by atoms with van der Waals surface area (Å²) in [5.74, 6) is 3.67. The number of rotatable bonds is 5. The minimum Gasteiger partial charge on any atom is -0.487 e. The van der Waals surface area contributed by atoms with Crippen LogP contribution in [0.1, 0.15) is 62.5 Å². The van der Waals surface area contributed by atoms with Crippen molar-refractivity contribution in [1.29, 1.82) is 0 Å². The zero-order chi connectivity index (χ0) is 19.6. The second-order valence-corrected chi connectivity index (χ2v) is 8.17. The van der Waals surface area contributed by atoms with E-state index in [0.29, 0.717) is 25.0 Å². The highest BCUT2D eigenvalue weighted by molar-refractivity contribution is 5.36. The average Bonchev–Trinajstić information content (AvgIpc) is 2.73. The second-order valence-electron chi connectivity index (χ2n) is 8.17. The quantitative estimate of drug-likeness (QED) is 0.766. The van der Waals surface area contributed by atoms with Crippen LogP contribution >= 0.6 is 0 Å². The molecule has 0 N–H and O–H groups in total. The summed E-state index contributed by atoms with van der Waals surface area (Å²) in [6.07, 6.45) is 9.60. The van der Waals surface area contributed by atoms with Gasteiger partial charge in [0.15, 0.2) is 11.5 Å². The number of ether oxygens (including phenoxy) is 3. The number of hydrogen-bond donors (Lipinski definition) is 0. The van der Waals surface area contributed by atoms with E-state index in [-0.39, 0.29) is 12.1 Å². The van der Waals surface area contributed by atoms with E-state index in [1.165, 1.54) is 19.3 Å². The third-order valence-corrected chi connectivity index (χ3v) is 6.30. The van der Waals surface area contributed by atoms with Gasteiger partial charge in [-0.2, -0.15) is 0 Å². The smallest absolute Gasteiger partial charge is 0.257 e. The third kappa shape index (κ3) is 4.01. The predicted octanol–water partition coefficient (Wildman–Crippen LogP) is 3.51. The molecule has 5 rings (SSSR count). The molecule has 4 heterocycles. The van der Waals surface area contributed by atoms with Crippen LogP contribution in [0.5, 0.6) is 17.4 Å². The molecule has 3 aliphatic rings. The molecule has 0 aromatic carbocycles. The standard InChI is InChI=1S/C22H28N4O3/c1-15(19-5-6-20-22(25-19)28-12-11-27-20)26-9-7-17(8-10-26)29-18-13-23-21(24-14-18)16-3-2-4-16/h5-6,13-17H,2-4,7-12H2,1H3. The predicted molar refractivity (Wildman–Crippen MR) is 107 cm³/mol. The lowest BCUT2D eigenvalue weighted by Crippen LogP contribution is -2.39. The molecule has 1 saturated carbocycles. The maximum absolute atomic E-state index is 6.15. The molecule has 0 amide bonds. The number of aromatic nitrogens is 3. The van der Waals surface area contributed by atoms with E-state index in [9.17, 15) is 0 Å². The van der Waals surface area contributed by atoms with Crippen LogP contribution in [0.2, 0.25) is 0 Å². The monoisotopic (exact) mass is 396 g/mol. The highest BCUT2D eigenvalue weighted by atomic mass is 16.6. The van der Waals surface area contributed by atoms with Crippen LogP contribution in [0.15, 0.2) is 24.5 Å². The van der Waals surface area contributed by atoms with Gasteiger partial charge in [-0.3, -0.25) is 4.90 Å². The summed E-state index contributed by atoms with van der Waals surface area (Å²) < 4.78 is 17.4. The Morgan fingerprint density at radius 1 is 1.03 bits per heavy atom. The van der Waals surface area contributed by atoms with Gasteiger partial charge in [-0.25, -0.2) is 15.0 Å². The first-order chi connectivity index (χ1) is 14.3. The lowest BCUT2D eigenvalue weighted by Gasteiger charge is -2.36. The summed E-state index contributed by atoms with van der Waals surface area (Å²) in [4.78, 5) is 16.1. The van der Waals surface area contributed by atoms with Gasteiger partial charge in [0, 0.05) is 25.0 Å². The maximum atomic E-state index is 6.15. The fraction of sp³-hybridized carbons (Fsp3) is 0.591. The van der Waals surface area contributed by atoms with Crippen molar-refractivity contribution in [2.75, 3.05) is 26.3 Å². The minimum absolute atomic E-state index is 0.213. The Kier molecular flexibility index (Phi) is 5.23. The zero-order valence-corrected chi connectivity index (χ0v) is 16.9. The van der Waals surface area contributed by atoms with Crippen molar-refractivity contribution in [3.05, 3.63) is 36.0 Å². The number of piperidine rings is 1. The number of fused-ring (bicyclic) bond motifs is 1. The summed E-state index contributed by atoms with van der Waals surface area (Å²) in [7, 11) is 0. The van der Waals surface area contributed by atoms with Crippen LogP contribution < -0.4 is 14.2 Å². The molecule has 1 atom stereocenters. The molecule has 2 aromatic heterocycles. The SMILES string of the molecule is CC(c1ccc2c(n1)OCCO2)N1CCC(Oc2cnc(C3CCC3)nc2)CC1. The van der Waals surface area contributed by atoms with Gasteiger partial charge in [-0.15, -0.1) is 0 Å². The molecule has 154 valence electrons. The molecule has 1 aliphatic carbocycles. The van der Waals surface area contributed by atoms with E-state index in [2.05, 4.69) is 26.8 Å². The van der Waals surface area contributed by atoms with Crippen LogP contribution in [0.4, 0.5) is 0 Å². The van der Waals surface area contributed by atoms with Gasteiger partial charge in [-0.1, -0.05) is 6.42 Å². The molecule has 2 fully saturated rings. The van der Waals surface area contributed by atoms with Crippen LogP contribution in [0, 0.1) is 0 Å². The number of likely N-dealkylation sites (tertiary alicyclic amines) is 1. The van der Waals surface area contributed by atoms with Gasteiger partial charge in [0.1, 0.15) is 25.1 Å². The van der Waals surface area contributed by atoms with Gasteiger partial charge in [0.05, 0.1) is 18.1 Å². The normalized spacial score (nSPS) is 21.4. The Morgan fingerprint density at radius 2 is 1.79 bits per heavy atom. The summed E-state index contributed by atoms with van der Waals surface area (Å²) >= 11 is 0. The van der Waals surface area contributed by atoms with E-state index >= 15 is 0 Å². The van der Waals surface area contributed by atoms with Gasteiger partial charge in [0.2, 0.25) is 0 Å². The van der Waals surface area contributed by atoms with Crippen molar-refractivity contribution in [2.45, 2.75) is 57.1 Å². The molecule has 1 saturated heterocycles. The lowest BCUT2D eigenvalue weighted by molar-refractivity contribution is 0.0775. The zero-order valence-electron chi connectivity index (χ0n) is 16.9. The summed E-state index contributed by atoms with van der Waals surface area (Å²) in [6.45, 7) is 5.30. The Labute approximate surface area is 171 Å². The van der Waals surface area contributed by atoms with E-state index in [4.69, 9.17) is 14.2 Å². The molecule has 1 unspecified atom stereocenters. The van der Waals surface area contributed by atoms with Crippen LogP contribution in [0.3, 0.4) is 0 Å². The molecule has 2 aliphatic heterocycles. The Bertz CT molecular complexity index is 832. The molecule has 7 heteroatoms. The molecule has 0 radical (unpaired) electrons. The van der Waals surface area contributed by atoms with Gasteiger partial charge in [0.25, 0.3) is 5.88 Å². The minimum atomic E-state index is 0.213. The molecule has 7 nitrogen and oxygen atoms in total. The van der Waals surface area contributed by atoms with Crippen molar-refractivity contribution in [3.63, 3.8) is 0 Å². The lowest BCUT2D eigenvalue weighted by atomic mass is 9.85. The van der Waals surface area contributed by atoms with Crippen LogP contribution in [-0.4, -0.2) is 52.3 Å². The fourth-order valence-electron chi connectivity index (χ4n) is 4.20. The summed E-state index contributed by atoms with van der Waals surface area (Å²) in [6, 6.07) is 4.25. The van der Waals surface area contributed by atoms with Crippen LogP contribution in [0.25, 0.3) is 0 Å². The summed E-state index contributed by atoms with van der Waals surface area (Å²) in [5.41, 5.74) is 1.02. The first kappa shape index (κ1) is 18.6. The van der Waals surface area contributed by atoms with E-state index in [1.54, 1.807) is 0 Å². The Morgan fingerprint density at radius 3 is 2.52 bits per heavy atom. The number of pyridine rings is 1. The molecular weight excluding hydrogens is 368 g/mol. The molecule has 29 heavy (non-hydrogen) atoms. The highest BCUT2D eigenvalue weighted by Gasteiger charge is 2.27. The van der Waals surface area contributed by atoms with Gasteiger partial charge >= 0.3 is 0 Å². The number of hydrogen-bond acceptors (Lipinski definition) is 7. The summed E-state index contributed by atoms with van der Waals surface area (Å²) in [5, 5.41) is 0. The molecule has 0 spiro atoms. The van der Waals surface area contributed by atoms with Crippen molar-refractivity contribution in [2.24, 2.45) is 0 Å². The van der Waals surface area contributed by atoms with Crippen molar-refractivity contribution in [3.8, 4) is 17.4 Å². The largest absolute Gasteiger partial charge is 0.487 e. The van der Waals surface area contributed by atoms with E-state index in [0.717, 1.165) is 48.9 Å². The van der Waals surface area contributed by atoms with E-state index < -0.39 is 0 Å². The molecule has 2 aromatic rings. The van der Waals surface area contributed by atoms with Gasteiger partial charge in [-0.05, 0) is 44.7 Å². The second kappa shape index (κ2) is 8.14. The Balaban J connectivity index is 1.15. The van der Waals surface area contributed by atoms with Crippen molar-refractivity contribution < 1.29 is 14.2 Å². The molecular formula is C22H28N4O3. The number of nitrogens with zero attached hydrogens (tertiary/aromatic N) is 4. The Hall–Kier alpha value is -2.41. The van der Waals surface area contributed by atoms with E-state index in [1.807, 2.05) is 24.5 Å². The average molecular weight is 396 g/mol. The van der Waals surface area contributed by atoms with Crippen LogP contribution in [-0.2, 0) is 0 Å². The van der Waals surface area contributed by atoms with Crippen molar-refractivity contribution >= 4 is 0 Å². The topological polar surface area (TPSA) is 69.6 Å². The molecule has 0 bridgehead atoms. The van der Waals surface area contributed by atoms with Crippen molar-refractivity contribution in [1.82, 2.24) is 19.9 Å². The third-order valence-electron chi connectivity index (χ3n) is 6.30.